The number of carboxylic acids is 1. The molecule has 0 radical (unpaired) electrons. The first kappa shape index (κ1) is 14.4. The highest BCUT2D eigenvalue weighted by atomic mass is 16.4. The molecule has 0 saturated carbocycles. The molecule has 0 aliphatic carbocycles. The second-order valence-electron chi connectivity index (χ2n) is 5.16. The second-order valence-corrected chi connectivity index (χ2v) is 5.16. The maximum absolute atomic E-state index is 12.2. The summed E-state index contributed by atoms with van der Waals surface area (Å²) in [5.74, 6) is -0.953. The summed E-state index contributed by atoms with van der Waals surface area (Å²) in [6, 6.07) is 5.06. The van der Waals surface area contributed by atoms with E-state index in [1.54, 1.807) is 19.1 Å². The Kier molecular flexibility index (Phi) is 4.27. The van der Waals surface area contributed by atoms with Gasteiger partial charge in [-0.15, -0.1) is 0 Å². The number of carbonyl (C=O) groups is 2. The number of hydrogen-bond donors (Lipinski definition) is 2. The number of urea groups is 1. The van der Waals surface area contributed by atoms with Gasteiger partial charge in [-0.3, -0.25) is 0 Å². The summed E-state index contributed by atoms with van der Waals surface area (Å²) in [6.07, 6.45) is 3.06. The van der Waals surface area contributed by atoms with Crippen LogP contribution in [0.15, 0.2) is 18.2 Å². The molecule has 1 saturated heterocycles. The molecule has 1 aliphatic rings. The lowest BCUT2D eigenvalue weighted by molar-refractivity contribution is 0.0696. The van der Waals surface area contributed by atoms with Crippen LogP contribution < -0.4 is 5.32 Å². The first-order valence-electron chi connectivity index (χ1n) is 6.94. The summed E-state index contributed by atoms with van der Waals surface area (Å²) >= 11 is 0. The van der Waals surface area contributed by atoms with Crippen molar-refractivity contribution in [1.82, 2.24) is 4.90 Å². The summed E-state index contributed by atoms with van der Waals surface area (Å²) < 4.78 is 0. The molecule has 1 aliphatic heterocycles. The van der Waals surface area contributed by atoms with Crippen molar-refractivity contribution >= 4 is 17.7 Å². The number of carboxylic acid groups (broad SMARTS) is 1. The smallest absolute Gasteiger partial charge is 0.335 e. The van der Waals surface area contributed by atoms with Crippen molar-refractivity contribution in [3.05, 3.63) is 29.3 Å². The second kappa shape index (κ2) is 5.94. The van der Waals surface area contributed by atoms with Gasteiger partial charge >= 0.3 is 12.0 Å². The Labute approximate surface area is 118 Å². The molecule has 2 rings (SSSR count). The van der Waals surface area contributed by atoms with Gasteiger partial charge in [0.1, 0.15) is 0 Å². The fourth-order valence-corrected chi connectivity index (χ4v) is 2.70. The quantitative estimate of drug-likeness (QED) is 0.891. The van der Waals surface area contributed by atoms with Gasteiger partial charge in [-0.25, -0.2) is 9.59 Å². The van der Waals surface area contributed by atoms with E-state index >= 15 is 0 Å². The minimum atomic E-state index is -0.953. The lowest BCUT2D eigenvalue weighted by Gasteiger charge is -2.24. The maximum Gasteiger partial charge on any atom is 0.335 e. The lowest BCUT2D eigenvalue weighted by atomic mass is 10.1. The molecule has 5 heteroatoms. The van der Waals surface area contributed by atoms with Gasteiger partial charge in [0.2, 0.25) is 0 Å². The molecular weight excluding hydrogens is 256 g/mol. The molecule has 1 aromatic rings. The van der Waals surface area contributed by atoms with Crippen molar-refractivity contribution in [2.24, 2.45) is 0 Å². The predicted octanol–water partition coefficient (Wildman–Crippen LogP) is 3.10. The Morgan fingerprint density at radius 2 is 2.20 bits per heavy atom. The molecule has 0 aromatic heterocycles. The van der Waals surface area contributed by atoms with Crippen LogP contribution in [-0.4, -0.2) is 34.6 Å². The van der Waals surface area contributed by atoms with Crippen molar-refractivity contribution in [3.8, 4) is 0 Å². The molecule has 1 unspecified atom stereocenters. The van der Waals surface area contributed by atoms with Crippen molar-refractivity contribution in [3.63, 3.8) is 0 Å². The van der Waals surface area contributed by atoms with Crippen molar-refractivity contribution in [2.45, 2.75) is 39.2 Å². The molecule has 1 fully saturated rings. The lowest BCUT2D eigenvalue weighted by Crippen LogP contribution is -2.38. The van der Waals surface area contributed by atoms with E-state index in [1.807, 2.05) is 4.90 Å². The highest BCUT2D eigenvalue weighted by Gasteiger charge is 2.27. The average molecular weight is 276 g/mol. The van der Waals surface area contributed by atoms with Gasteiger partial charge in [-0.05, 0) is 49.9 Å². The van der Waals surface area contributed by atoms with E-state index in [0.717, 1.165) is 25.8 Å². The standard InChI is InChI=1S/C15H20N2O3/c1-3-12-5-4-8-17(12)15(20)16-11-6-7-13(14(18)19)10(2)9-11/h6-7,9,12H,3-5,8H2,1-2H3,(H,16,20)(H,18,19). The third-order valence-corrected chi connectivity index (χ3v) is 3.82. The minimum Gasteiger partial charge on any atom is -0.478 e. The molecule has 2 amide bonds. The number of likely N-dealkylation sites (tertiary alicyclic amines) is 1. The summed E-state index contributed by atoms with van der Waals surface area (Å²) in [5, 5.41) is 11.8. The third kappa shape index (κ3) is 2.92. The Balaban J connectivity index is 2.08. The number of anilines is 1. The molecular formula is C15H20N2O3. The molecule has 108 valence electrons. The zero-order chi connectivity index (χ0) is 14.7. The first-order valence-corrected chi connectivity index (χ1v) is 6.94. The van der Waals surface area contributed by atoms with Crippen LogP contribution in [0.3, 0.4) is 0 Å². The zero-order valence-corrected chi connectivity index (χ0v) is 11.8. The first-order chi connectivity index (χ1) is 9.52. The molecule has 1 atom stereocenters. The van der Waals surface area contributed by atoms with Crippen LogP contribution in [0.5, 0.6) is 0 Å². The number of carbonyl (C=O) groups excluding carboxylic acids is 1. The van der Waals surface area contributed by atoms with Crippen LogP contribution in [0.25, 0.3) is 0 Å². The highest BCUT2D eigenvalue weighted by Crippen LogP contribution is 2.22. The minimum absolute atomic E-state index is 0.100. The number of amides is 2. The number of nitrogens with one attached hydrogen (secondary N) is 1. The number of aryl methyl sites for hydroxylation is 1. The molecule has 20 heavy (non-hydrogen) atoms. The SMILES string of the molecule is CCC1CCCN1C(=O)Nc1ccc(C(=O)O)c(C)c1. The summed E-state index contributed by atoms with van der Waals surface area (Å²) in [7, 11) is 0. The van der Waals surface area contributed by atoms with Crippen LogP contribution in [0, 0.1) is 6.92 Å². The van der Waals surface area contributed by atoms with Gasteiger partial charge in [0.05, 0.1) is 5.56 Å². The average Bonchev–Trinajstić information content (AvgIpc) is 2.86. The summed E-state index contributed by atoms with van der Waals surface area (Å²) in [4.78, 5) is 25.0. The van der Waals surface area contributed by atoms with E-state index in [4.69, 9.17) is 5.11 Å². The van der Waals surface area contributed by atoms with Crippen LogP contribution in [0.4, 0.5) is 10.5 Å². The van der Waals surface area contributed by atoms with Crippen molar-refractivity contribution in [2.75, 3.05) is 11.9 Å². The van der Waals surface area contributed by atoms with Gasteiger partial charge in [-0.2, -0.15) is 0 Å². The van der Waals surface area contributed by atoms with E-state index in [0.29, 0.717) is 17.3 Å². The van der Waals surface area contributed by atoms with Gasteiger partial charge in [0, 0.05) is 18.3 Å². The zero-order valence-electron chi connectivity index (χ0n) is 11.8. The highest BCUT2D eigenvalue weighted by molar-refractivity contribution is 5.93. The fraction of sp³-hybridized carbons (Fsp3) is 0.467. The Morgan fingerprint density at radius 1 is 1.45 bits per heavy atom. The monoisotopic (exact) mass is 276 g/mol. The van der Waals surface area contributed by atoms with Crippen molar-refractivity contribution in [1.29, 1.82) is 0 Å². The third-order valence-electron chi connectivity index (χ3n) is 3.82. The number of nitrogens with zero attached hydrogens (tertiary/aromatic N) is 1. The summed E-state index contributed by atoms with van der Waals surface area (Å²) in [6.45, 7) is 4.60. The number of benzene rings is 1. The number of hydrogen-bond acceptors (Lipinski definition) is 2. The maximum atomic E-state index is 12.2. The Hall–Kier alpha value is -2.04. The van der Waals surface area contributed by atoms with E-state index < -0.39 is 5.97 Å². The Morgan fingerprint density at radius 3 is 2.80 bits per heavy atom. The van der Waals surface area contributed by atoms with Crippen LogP contribution in [0.2, 0.25) is 0 Å². The summed E-state index contributed by atoms with van der Waals surface area (Å²) in [5.41, 5.74) is 1.54. The number of aromatic carboxylic acids is 1. The van der Waals surface area contributed by atoms with E-state index in [9.17, 15) is 9.59 Å². The normalized spacial score (nSPS) is 18.1. The predicted molar refractivity (Wildman–Crippen MR) is 77.2 cm³/mol. The van der Waals surface area contributed by atoms with Crippen LogP contribution >= 0.6 is 0 Å². The topological polar surface area (TPSA) is 69.6 Å². The molecule has 0 spiro atoms. The van der Waals surface area contributed by atoms with Gasteiger partial charge < -0.3 is 15.3 Å². The molecule has 0 bridgehead atoms. The molecule has 5 nitrogen and oxygen atoms in total. The van der Waals surface area contributed by atoms with E-state index in [2.05, 4.69) is 12.2 Å². The van der Waals surface area contributed by atoms with Gasteiger partial charge in [-0.1, -0.05) is 6.92 Å². The van der Waals surface area contributed by atoms with Gasteiger partial charge in [0.15, 0.2) is 0 Å². The molecule has 2 N–H and O–H groups in total. The van der Waals surface area contributed by atoms with Gasteiger partial charge in [0.25, 0.3) is 0 Å². The molecule has 1 aromatic carbocycles. The Bertz CT molecular complexity index is 528. The number of rotatable bonds is 3. The fourth-order valence-electron chi connectivity index (χ4n) is 2.70. The van der Waals surface area contributed by atoms with E-state index in [1.165, 1.54) is 6.07 Å². The van der Waals surface area contributed by atoms with E-state index in [-0.39, 0.29) is 11.6 Å². The van der Waals surface area contributed by atoms with Crippen molar-refractivity contribution < 1.29 is 14.7 Å². The largest absolute Gasteiger partial charge is 0.478 e. The van der Waals surface area contributed by atoms with Crippen LogP contribution in [-0.2, 0) is 0 Å². The molecule has 1 heterocycles. The van der Waals surface area contributed by atoms with Crippen LogP contribution in [0.1, 0.15) is 42.1 Å².